The van der Waals surface area contributed by atoms with Gasteiger partial charge in [-0.15, -0.1) is 0 Å². The van der Waals surface area contributed by atoms with E-state index in [0.717, 1.165) is 24.8 Å². The molecule has 4 rings (SSSR count). The van der Waals surface area contributed by atoms with Crippen LogP contribution in [0.1, 0.15) is 50.6 Å². The molecule has 158 valence electrons. The van der Waals surface area contributed by atoms with E-state index < -0.39 is 11.6 Å². The van der Waals surface area contributed by atoms with E-state index in [1.54, 1.807) is 17.1 Å². The number of carbonyl (C=O) groups excluding carboxylic acids is 1. The quantitative estimate of drug-likeness (QED) is 0.589. The van der Waals surface area contributed by atoms with E-state index in [1.807, 2.05) is 35.2 Å². The van der Waals surface area contributed by atoms with Gasteiger partial charge in [0.2, 0.25) is 5.91 Å². The molecule has 3 heterocycles. The van der Waals surface area contributed by atoms with Crippen molar-refractivity contribution in [1.29, 1.82) is 0 Å². The fourth-order valence-electron chi connectivity index (χ4n) is 4.16. The molecule has 2 aromatic heterocycles. The van der Waals surface area contributed by atoms with Crippen molar-refractivity contribution < 1.29 is 9.90 Å². The van der Waals surface area contributed by atoms with Gasteiger partial charge in [-0.2, -0.15) is 5.10 Å². The summed E-state index contributed by atoms with van der Waals surface area (Å²) in [7, 11) is 0. The molecule has 1 unspecified atom stereocenters. The van der Waals surface area contributed by atoms with Crippen LogP contribution in [0.3, 0.4) is 0 Å². The van der Waals surface area contributed by atoms with Crippen molar-refractivity contribution in [3.63, 3.8) is 0 Å². The Morgan fingerprint density at radius 2 is 2.03 bits per heavy atom. The fraction of sp³-hybridized carbons (Fsp3) is 0.455. The summed E-state index contributed by atoms with van der Waals surface area (Å²) in [5.41, 5.74) is 0.798. The number of amides is 1. The molecular weight excluding hydrogens is 398 g/mol. The van der Waals surface area contributed by atoms with Crippen LogP contribution in [0.15, 0.2) is 42.9 Å². The number of aromatic amines is 1. The van der Waals surface area contributed by atoms with Gasteiger partial charge in [-0.25, -0.2) is 4.98 Å². The zero-order valence-corrected chi connectivity index (χ0v) is 17.9. The fourth-order valence-corrected chi connectivity index (χ4v) is 4.46. The Kier molecular flexibility index (Phi) is 5.97. The lowest BCUT2D eigenvalue weighted by Crippen LogP contribution is -2.48. The molecule has 0 bridgehead atoms. The Morgan fingerprint density at radius 1 is 1.30 bits per heavy atom. The Hall–Kier alpha value is -2.58. The maximum atomic E-state index is 13.7. The molecule has 1 amide bonds. The molecule has 1 aliphatic heterocycles. The maximum absolute atomic E-state index is 13.7. The standard InChI is InChI=1S/C22H27N5O2S/c1-2-3-9-22(29)10-12-26(13-11-22)20(28)18(16-7-5-4-6-8-16)27-15-23-19-17(21(27)30)14-24-25-19/h4-8,14-15,18,29H,2-3,9-13H2,1H3,(H,24,25). The van der Waals surface area contributed by atoms with Gasteiger partial charge in [0.1, 0.15) is 10.7 Å². The first-order chi connectivity index (χ1) is 14.5. The number of likely N-dealkylation sites (tertiary alicyclic amines) is 1. The third-order valence-electron chi connectivity index (χ3n) is 6.02. The largest absolute Gasteiger partial charge is 0.390 e. The van der Waals surface area contributed by atoms with Crippen LogP contribution in [-0.4, -0.2) is 54.4 Å². The number of carbonyl (C=O) groups is 1. The predicted octanol–water partition coefficient (Wildman–Crippen LogP) is 3.62. The zero-order chi connectivity index (χ0) is 21.1. The Labute approximate surface area is 180 Å². The molecule has 8 heteroatoms. The van der Waals surface area contributed by atoms with Gasteiger partial charge in [0.25, 0.3) is 0 Å². The number of rotatable bonds is 6. The topological polar surface area (TPSA) is 87.0 Å². The number of aliphatic hydroxyl groups is 1. The number of aromatic nitrogens is 4. The Morgan fingerprint density at radius 3 is 2.73 bits per heavy atom. The molecule has 1 fully saturated rings. The van der Waals surface area contributed by atoms with Crippen LogP contribution in [0.5, 0.6) is 0 Å². The van der Waals surface area contributed by atoms with E-state index in [-0.39, 0.29) is 5.91 Å². The predicted molar refractivity (Wildman–Crippen MR) is 118 cm³/mol. The third kappa shape index (κ3) is 4.02. The van der Waals surface area contributed by atoms with Crippen molar-refractivity contribution in [3.8, 4) is 0 Å². The molecular formula is C22H27N5O2S. The van der Waals surface area contributed by atoms with E-state index >= 15 is 0 Å². The van der Waals surface area contributed by atoms with Crippen molar-refractivity contribution in [2.24, 2.45) is 0 Å². The lowest BCUT2D eigenvalue weighted by atomic mass is 9.86. The number of nitrogens with one attached hydrogen (secondary N) is 1. The third-order valence-corrected chi connectivity index (χ3v) is 6.46. The molecule has 7 nitrogen and oxygen atoms in total. The number of unbranched alkanes of at least 4 members (excludes halogenated alkanes) is 1. The molecule has 1 atom stereocenters. The molecule has 0 spiro atoms. The van der Waals surface area contributed by atoms with Gasteiger partial charge >= 0.3 is 0 Å². The second kappa shape index (κ2) is 8.65. The van der Waals surface area contributed by atoms with Crippen LogP contribution in [0.2, 0.25) is 0 Å². The van der Waals surface area contributed by atoms with E-state index in [0.29, 0.717) is 41.6 Å². The van der Waals surface area contributed by atoms with Crippen LogP contribution >= 0.6 is 12.2 Å². The first-order valence-corrected chi connectivity index (χ1v) is 10.9. The van der Waals surface area contributed by atoms with Crippen molar-refractivity contribution in [3.05, 3.63) is 53.1 Å². The molecule has 30 heavy (non-hydrogen) atoms. The number of hydrogen-bond donors (Lipinski definition) is 2. The van der Waals surface area contributed by atoms with Crippen LogP contribution in [0.25, 0.3) is 11.0 Å². The van der Waals surface area contributed by atoms with Crippen LogP contribution in [0.4, 0.5) is 0 Å². The van der Waals surface area contributed by atoms with E-state index in [4.69, 9.17) is 12.2 Å². The maximum Gasteiger partial charge on any atom is 0.250 e. The first kappa shape index (κ1) is 20.7. The second-order valence-corrected chi connectivity index (χ2v) is 8.44. The Bertz CT molecular complexity index is 1070. The van der Waals surface area contributed by atoms with Gasteiger partial charge in [-0.1, -0.05) is 62.3 Å². The number of piperidine rings is 1. The van der Waals surface area contributed by atoms with Crippen LogP contribution < -0.4 is 0 Å². The van der Waals surface area contributed by atoms with E-state index in [1.165, 1.54) is 0 Å². The van der Waals surface area contributed by atoms with Gasteiger partial charge in [0.05, 0.1) is 23.5 Å². The van der Waals surface area contributed by atoms with Crippen molar-refractivity contribution >= 4 is 29.2 Å². The van der Waals surface area contributed by atoms with Crippen LogP contribution in [0, 0.1) is 4.64 Å². The van der Waals surface area contributed by atoms with Gasteiger partial charge in [0.15, 0.2) is 5.65 Å². The lowest BCUT2D eigenvalue weighted by molar-refractivity contribution is -0.138. The smallest absolute Gasteiger partial charge is 0.250 e. The molecule has 1 aromatic carbocycles. The number of H-pyrrole nitrogens is 1. The zero-order valence-electron chi connectivity index (χ0n) is 17.1. The van der Waals surface area contributed by atoms with Crippen LogP contribution in [-0.2, 0) is 4.79 Å². The highest BCUT2D eigenvalue weighted by Crippen LogP contribution is 2.30. The number of fused-ring (bicyclic) bond motifs is 1. The highest BCUT2D eigenvalue weighted by molar-refractivity contribution is 7.71. The molecule has 2 N–H and O–H groups in total. The Balaban J connectivity index is 1.65. The molecule has 0 radical (unpaired) electrons. The summed E-state index contributed by atoms with van der Waals surface area (Å²) in [6, 6.07) is 9.03. The van der Waals surface area contributed by atoms with E-state index in [9.17, 15) is 9.90 Å². The highest BCUT2D eigenvalue weighted by atomic mass is 32.1. The minimum Gasteiger partial charge on any atom is -0.390 e. The van der Waals surface area contributed by atoms with Gasteiger partial charge < -0.3 is 14.6 Å². The van der Waals surface area contributed by atoms with Gasteiger partial charge in [-0.05, 0) is 24.8 Å². The average Bonchev–Trinajstić information content (AvgIpc) is 3.25. The monoisotopic (exact) mass is 425 g/mol. The van der Waals surface area contributed by atoms with Gasteiger partial charge in [0, 0.05) is 13.1 Å². The summed E-state index contributed by atoms with van der Waals surface area (Å²) >= 11 is 5.68. The SMILES string of the molecule is CCCCC1(O)CCN(C(=O)C(c2ccccc2)n2cnc3[nH]ncc3c2=S)CC1. The summed E-state index contributed by atoms with van der Waals surface area (Å²) < 4.78 is 2.27. The van der Waals surface area contributed by atoms with Crippen molar-refractivity contribution in [2.75, 3.05) is 13.1 Å². The number of nitrogens with zero attached hydrogens (tertiary/aromatic N) is 4. The molecule has 0 saturated carbocycles. The normalized spacial score (nSPS) is 17.2. The molecule has 1 aliphatic rings. The first-order valence-electron chi connectivity index (χ1n) is 10.5. The lowest BCUT2D eigenvalue weighted by Gasteiger charge is -2.39. The molecule has 1 saturated heterocycles. The van der Waals surface area contributed by atoms with Crippen molar-refractivity contribution in [1.82, 2.24) is 24.6 Å². The average molecular weight is 426 g/mol. The van der Waals surface area contributed by atoms with Gasteiger partial charge in [-0.3, -0.25) is 9.89 Å². The molecule has 3 aromatic rings. The number of hydrogen-bond acceptors (Lipinski definition) is 5. The van der Waals surface area contributed by atoms with E-state index in [2.05, 4.69) is 22.1 Å². The van der Waals surface area contributed by atoms with Crippen molar-refractivity contribution in [2.45, 2.75) is 50.7 Å². The second-order valence-electron chi connectivity index (χ2n) is 8.06. The summed E-state index contributed by atoms with van der Waals surface area (Å²) in [5, 5.41) is 18.4. The number of benzene rings is 1. The minimum atomic E-state index is -0.664. The summed E-state index contributed by atoms with van der Waals surface area (Å²) in [6.07, 6.45) is 7.31. The summed E-state index contributed by atoms with van der Waals surface area (Å²) in [4.78, 5) is 19.9. The summed E-state index contributed by atoms with van der Waals surface area (Å²) in [6.45, 7) is 3.20. The summed E-state index contributed by atoms with van der Waals surface area (Å²) in [5.74, 6) is -0.0283. The minimum absolute atomic E-state index is 0.0283. The molecule has 0 aliphatic carbocycles. The highest BCUT2D eigenvalue weighted by Gasteiger charge is 2.36.